The Morgan fingerprint density at radius 3 is 2.57 bits per heavy atom. The molecule has 0 atom stereocenters. The first-order chi connectivity index (χ1) is 6.60. The molecule has 0 aromatic carbocycles. The molecule has 0 bridgehead atoms. The van der Waals surface area contributed by atoms with Crippen LogP contribution in [-0.2, 0) is 24.2 Å². The van der Waals surface area contributed by atoms with Gasteiger partial charge in [-0.25, -0.2) is 0 Å². The average Bonchev–Trinajstić information content (AvgIpc) is 2.43. The van der Waals surface area contributed by atoms with Crippen LogP contribution in [0.5, 0.6) is 0 Å². The zero-order chi connectivity index (χ0) is 10.7. The molecule has 5 heteroatoms. The Hall–Kier alpha value is -1.52. The third-order valence-electron chi connectivity index (χ3n) is 2.14. The summed E-state index contributed by atoms with van der Waals surface area (Å²) in [6.45, 7) is 4.25. The minimum atomic E-state index is -0.973. The van der Waals surface area contributed by atoms with Gasteiger partial charge in [0.25, 0.3) is 5.56 Å². The summed E-state index contributed by atoms with van der Waals surface area (Å²) in [4.78, 5) is 22.1. The lowest BCUT2D eigenvalue weighted by molar-refractivity contribution is -0.136. The lowest BCUT2D eigenvalue weighted by Crippen LogP contribution is -2.19. The molecule has 0 unspecified atom stereocenters. The molecule has 0 aliphatic rings. The number of nitrogens with one attached hydrogen (secondary N) is 1. The van der Waals surface area contributed by atoms with Crippen LogP contribution in [0.3, 0.4) is 0 Å². The van der Waals surface area contributed by atoms with E-state index in [4.69, 9.17) is 5.11 Å². The molecule has 0 spiro atoms. The number of carboxylic acids is 1. The van der Waals surface area contributed by atoms with Crippen LogP contribution >= 0.6 is 0 Å². The second-order valence-electron chi connectivity index (χ2n) is 3.04. The number of aliphatic carboxylic acids is 1. The first-order valence-corrected chi connectivity index (χ1v) is 4.62. The maximum atomic E-state index is 11.6. The van der Waals surface area contributed by atoms with Crippen LogP contribution in [0.1, 0.15) is 25.1 Å². The molecule has 78 valence electrons. The zero-order valence-electron chi connectivity index (χ0n) is 8.33. The van der Waals surface area contributed by atoms with Crippen LogP contribution in [-0.4, -0.2) is 20.9 Å². The number of aryl methyl sites for hydroxylation is 2. The summed E-state index contributed by atoms with van der Waals surface area (Å²) >= 11 is 0. The molecular formula is C9H14N2O3. The van der Waals surface area contributed by atoms with Gasteiger partial charge in [0.2, 0.25) is 0 Å². The second kappa shape index (κ2) is 4.13. The molecule has 2 N–H and O–H groups in total. The van der Waals surface area contributed by atoms with Crippen molar-refractivity contribution >= 4 is 5.97 Å². The Morgan fingerprint density at radius 1 is 1.50 bits per heavy atom. The van der Waals surface area contributed by atoms with Gasteiger partial charge in [-0.05, 0) is 13.3 Å². The third kappa shape index (κ3) is 1.86. The fourth-order valence-electron chi connectivity index (χ4n) is 1.42. The quantitative estimate of drug-likeness (QED) is 0.734. The van der Waals surface area contributed by atoms with Gasteiger partial charge in [-0.3, -0.25) is 19.4 Å². The van der Waals surface area contributed by atoms with Gasteiger partial charge in [0, 0.05) is 12.2 Å². The van der Waals surface area contributed by atoms with Crippen molar-refractivity contribution < 1.29 is 9.90 Å². The standard InChI is InChI=1S/C9H14N2O3/c1-3-7-6(5-8(12)13)9(14)11(4-2)10-7/h10H,3-5H2,1-2H3,(H,12,13). The lowest BCUT2D eigenvalue weighted by Gasteiger charge is -1.94. The Kier molecular flexibility index (Phi) is 3.11. The van der Waals surface area contributed by atoms with Crippen molar-refractivity contribution in [2.45, 2.75) is 33.2 Å². The van der Waals surface area contributed by atoms with Crippen molar-refractivity contribution in [3.63, 3.8) is 0 Å². The molecule has 1 aromatic heterocycles. The first-order valence-electron chi connectivity index (χ1n) is 4.62. The number of carbonyl (C=O) groups is 1. The molecule has 1 heterocycles. The predicted molar refractivity (Wildman–Crippen MR) is 51.4 cm³/mol. The van der Waals surface area contributed by atoms with E-state index in [-0.39, 0.29) is 12.0 Å². The molecule has 0 radical (unpaired) electrons. The molecular weight excluding hydrogens is 184 g/mol. The molecule has 1 aromatic rings. The third-order valence-corrected chi connectivity index (χ3v) is 2.14. The highest BCUT2D eigenvalue weighted by Crippen LogP contribution is 2.03. The number of H-pyrrole nitrogens is 1. The number of hydrogen-bond donors (Lipinski definition) is 2. The fraction of sp³-hybridized carbons (Fsp3) is 0.556. The molecule has 0 fully saturated rings. The zero-order valence-corrected chi connectivity index (χ0v) is 8.33. The highest BCUT2D eigenvalue weighted by atomic mass is 16.4. The SMILES string of the molecule is CCc1[nH]n(CC)c(=O)c1CC(=O)O. The van der Waals surface area contributed by atoms with E-state index in [1.54, 1.807) is 0 Å². The number of carboxylic acid groups (broad SMARTS) is 1. The van der Waals surface area contributed by atoms with E-state index in [0.29, 0.717) is 18.5 Å². The van der Waals surface area contributed by atoms with E-state index >= 15 is 0 Å². The number of aromatic amines is 1. The smallest absolute Gasteiger partial charge is 0.308 e. The Balaban J connectivity index is 3.17. The van der Waals surface area contributed by atoms with E-state index in [1.807, 2.05) is 13.8 Å². The molecule has 14 heavy (non-hydrogen) atoms. The van der Waals surface area contributed by atoms with Crippen molar-refractivity contribution in [2.24, 2.45) is 0 Å². The van der Waals surface area contributed by atoms with Gasteiger partial charge >= 0.3 is 5.97 Å². The Bertz CT molecular complexity index is 389. The second-order valence-corrected chi connectivity index (χ2v) is 3.04. The Labute approximate surface area is 81.3 Å². The molecule has 0 aliphatic carbocycles. The van der Waals surface area contributed by atoms with E-state index in [0.717, 1.165) is 5.69 Å². The molecule has 0 saturated heterocycles. The molecule has 0 aliphatic heterocycles. The predicted octanol–water partition coefficient (Wildman–Crippen LogP) is 0.386. The lowest BCUT2D eigenvalue weighted by atomic mass is 10.1. The van der Waals surface area contributed by atoms with Gasteiger partial charge in [-0.15, -0.1) is 0 Å². The van der Waals surface area contributed by atoms with Gasteiger partial charge in [0.1, 0.15) is 0 Å². The average molecular weight is 198 g/mol. The molecule has 5 nitrogen and oxygen atoms in total. The molecule has 0 saturated carbocycles. The monoisotopic (exact) mass is 198 g/mol. The Morgan fingerprint density at radius 2 is 2.14 bits per heavy atom. The van der Waals surface area contributed by atoms with Crippen LogP contribution in [0.15, 0.2) is 4.79 Å². The van der Waals surface area contributed by atoms with E-state index in [1.165, 1.54) is 4.68 Å². The molecule has 0 amide bonds. The normalized spacial score (nSPS) is 10.4. The number of hydrogen-bond acceptors (Lipinski definition) is 2. The van der Waals surface area contributed by atoms with E-state index in [2.05, 4.69) is 5.10 Å². The summed E-state index contributed by atoms with van der Waals surface area (Å²) < 4.78 is 1.43. The maximum absolute atomic E-state index is 11.6. The van der Waals surface area contributed by atoms with Crippen LogP contribution in [0.4, 0.5) is 0 Å². The van der Waals surface area contributed by atoms with Gasteiger partial charge in [0.05, 0.1) is 12.0 Å². The number of aromatic nitrogens is 2. The van der Waals surface area contributed by atoms with Crippen LogP contribution in [0.2, 0.25) is 0 Å². The van der Waals surface area contributed by atoms with Crippen molar-refractivity contribution in [1.29, 1.82) is 0 Å². The topological polar surface area (TPSA) is 75.1 Å². The van der Waals surface area contributed by atoms with Crippen LogP contribution < -0.4 is 5.56 Å². The van der Waals surface area contributed by atoms with Gasteiger partial charge in [0.15, 0.2) is 0 Å². The van der Waals surface area contributed by atoms with Gasteiger partial charge in [-0.1, -0.05) is 6.92 Å². The van der Waals surface area contributed by atoms with E-state index in [9.17, 15) is 9.59 Å². The minimum Gasteiger partial charge on any atom is -0.481 e. The first kappa shape index (κ1) is 10.6. The van der Waals surface area contributed by atoms with E-state index < -0.39 is 5.97 Å². The minimum absolute atomic E-state index is 0.203. The fourth-order valence-corrected chi connectivity index (χ4v) is 1.42. The number of nitrogens with zero attached hydrogens (tertiary/aromatic N) is 1. The maximum Gasteiger partial charge on any atom is 0.308 e. The summed E-state index contributed by atoms with van der Waals surface area (Å²) in [5, 5.41) is 11.5. The van der Waals surface area contributed by atoms with Crippen molar-refractivity contribution in [2.75, 3.05) is 0 Å². The van der Waals surface area contributed by atoms with Gasteiger partial charge < -0.3 is 5.11 Å². The summed E-state index contributed by atoms with van der Waals surface area (Å²) in [6.07, 6.45) is 0.441. The summed E-state index contributed by atoms with van der Waals surface area (Å²) in [6, 6.07) is 0. The van der Waals surface area contributed by atoms with Crippen LogP contribution in [0.25, 0.3) is 0 Å². The van der Waals surface area contributed by atoms with Crippen molar-refractivity contribution in [3.05, 3.63) is 21.6 Å². The van der Waals surface area contributed by atoms with Crippen molar-refractivity contribution in [1.82, 2.24) is 9.78 Å². The van der Waals surface area contributed by atoms with Crippen molar-refractivity contribution in [3.8, 4) is 0 Å². The highest BCUT2D eigenvalue weighted by molar-refractivity contribution is 5.70. The highest BCUT2D eigenvalue weighted by Gasteiger charge is 2.14. The largest absolute Gasteiger partial charge is 0.481 e. The van der Waals surface area contributed by atoms with Gasteiger partial charge in [-0.2, -0.15) is 0 Å². The van der Waals surface area contributed by atoms with Crippen LogP contribution in [0, 0.1) is 0 Å². The summed E-state index contributed by atoms with van der Waals surface area (Å²) in [7, 11) is 0. The summed E-state index contributed by atoms with van der Waals surface area (Å²) in [5.41, 5.74) is 0.882. The molecule has 1 rings (SSSR count). The number of rotatable bonds is 4. The summed E-state index contributed by atoms with van der Waals surface area (Å²) in [5.74, 6) is -0.973.